The third-order valence-corrected chi connectivity index (χ3v) is 4.62. The number of hydrogen-bond donors (Lipinski definition) is 1. The molecule has 0 aliphatic heterocycles. The molecule has 0 bridgehead atoms. The quantitative estimate of drug-likeness (QED) is 0.774. The van der Waals surface area contributed by atoms with E-state index in [2.05, 4.69) is 4.90 Å². The van der Waals surface area contributed by atoms with Crippen molar-refractivity contribution in [2.24, 2.45) is 11.7 Å². The Kier molecular flexibility index (Phi) is 2.97. The van der Waals surface area contributed by atoms with Crippen molar-refractivity contribution in [3.05, 3.63) is 0 Å². The largest absolute Gasteiger partial charge is 0.324 e. The minimum atomic E-state index is 0.162. The average Bonchev–Trinajstić information content (AvgIpc) is 3.13. The molecule has 0 amide bonds. The Morgan fingerprint density at radius 2 is 1.69 bits per heavy atom. The molecule has 0 aromatic carbocycles. The van der Waals surface area contributed by atoms with Crippen LogP contribution in [0.2, 0.25) is 0 Å². The second-order valence-electron chi connectivity index (χ2n) is 6.53. The van der Waals surface area contributed by atoms with Crippen molar-refractivity contribution in [2.75, 3.05) is 13.1 Å². The smallest absolute Gasteiger partial charge is 0.0283 e. The van der Waals surface area contributed by atoms with Gasteiger partial charge in [-0.1, -0.05) is 19.3 Å². The standard InChI is InChI=1S/C14H26N2/c15-14(8-2-1-3-9-14)11-16(13-6-7-13)10-12-4-5-12/h12-13H,1-11,15H2. The zero-order valence-electron chi connectivity index (χ0n) is 10.5. The summed E-state index contributed by atoms with van der Waals surface area (Å²) < 4.78 is 0. The molecule has 3 rings (SSSR count). The van der Waals surface area contributed by atoms with Crippen molar-refractivity contribution in [2.45, 2.75) is 69.4 Å². The van der Waals surface area contributed by atoms with E-state index in [-0.39, 0.29) is 5.54 Å². The van der Waals surface area contributed by atoms with Crippen molar-refractivity contribution in [1.29, 1.82) is 0 Å². The molecule has 2 N–H and O–H groups in total. The Hall–Kier alpha value is -0.0800. The van der Waals surface area contributed by atoms with Gasteiger partial charge in [0.25, 0.3) is 0 Å². The van der Waals surface area contributed by atoms with Gasteiger partial charge in [-0.25, -0.2) is 0 Å². The fraction of sp³-hybridized carbons (Fsp3) is 1.00. The Morgan fingerprint density at radius 1 is 1.00 bits per heavy atom. The van der Waals surface area contributed by atoms with Gasteiger partial charge in [0.1, 0.15) is 0 Å². The molecular formula is C14H26N2. The van der Waals surface area contributed by atoms with E-state index in [1.807, 2.05) is 0 Å². The fourth-order valence-corrected chi connectivity index (χ4v) is 3.23. The SMILES string of the molecule is NC1(CN(CC2CC2)C2CC2)CCCCC1. The maximum Gasteiger partial charge on any atom is 0.0283 e. The molecule has 3 fully saturated rings. The van der Waals surface area contributed by atoms with Crippen molar-refractivity contribution < 1.29 is 0 Å². The molecule has 0 aromatic rings. The monoisotopic (exact) mass is 222 g/mol. The summed E-state index contributed by atoms with van der Waals surface area (Å²) in [6.45, 7) is 2.54. The first-order valence-corrected chi connectivity index (χ1v) is 7.28. The average molecular weight is 222 g/mol. The Balaban J connectivity index is 1.56. The van der Waals surface area contributed by atoms with E-state index < -0.39 is 0 Å². The highest BCUT2D eigenvalue weighted by Crippen LogP contribution is 2.37. The molecule has 0 aromatic heterocycles. The van der Waals surface area contributed by atoms with Crippen molar-refractivity contribution in [3.63, 3.8) is 0 Å². The van der Waals surface area contributed by atoms with Crippen LogP contribution < -0.4 is 5.73 Å². The highest BCUT2D eigenvalue weighted by molar-refractivity contribution is 4.96. The summed E-state index contributed by atoms with van der Waals surface area (Å²) in [6.07, 6.45) is 12.5. The van der Waals surface area contributed by atoms with Gasteiger partial charge in [-0.15, -0.1) is 0 Å². The Morgan fingerprint density at radius 3 is 2.25 bits per heavy atom. The topological polar surface area (TPSA) is 29.3 Å². The van der Waals surface area contributed by atoms with Crippen LogP contribution in [0.25, 0.3) is 0 Å². The lowest BCUT2D eigenvalue weighted by Crippen LogP contribution is -2.52. The molecule has 2 heteroatoms. The first-order valence-electron chi connectivity index (χ1n) is 7.28. The van der Waals surface area contributed by atoms with Crippen LogP contribution in [0, 0.1) is 5.92 Å². The highest BCUT2D eigenvalue weighted by Gasteiger charge is 2.38. The lowest BCUT2D eigenvalue weighted by atomic mass is 9.82. The van der Waals surface area contributed by atoms with Crippen LogP contribution in [0.5, 0.6) is 0 Å². The molecule has 3 aliphatic rings. The van der Waals surface area contributed by atoms with Gasteiger partial charge < -0.3 is 5.73 Å². The summed E-state index contributed by atoms with van der Waals surface area (Å²) in [5, 5.41) is 0. The van der Waals surface area contributed by atoms with E-state index in [4.69, 9.17) is 5.73 Å². The summed E-state index contributed by atoms with van der Waals surface area (Å²) in [6, 6.07) is 0.906. The van der Waals surface area contributed by atoms with Crippen LogP contribution >= 0.6 is 0 Å². The molecule has 0 heterocycles. The van der Waals surface area contributed by atoms with E-state index >= 15 is 0 Å². The van der Waals surface area contributed by atoms with Gasteiger partial charge in [0.15, 0.2) is 0 Å². The van der Waals surface area contributed by atoms with E-state index in [1.165, 1.54) is 70.9 Å². The minimum absolute atomic E-state index is 0.162. The molecule has 0 spiro atoms. The van der Waals surface area contributed by atoms with Gasteiger partial charge in [-0.2, -0.15) is 0 Å². The molecule has 92 valence electrons. The van der Waals surface area contributed by atoms with Crippen molar-refractivity contribution in [1.82, 2.24) is 4.90 Å². The summed E-state index contributed by atoms with van der Waals surface area (Å²) in [7, 11) is 0. The van der Waals surface area contributed by atoms with Crippen LogP contribution in [0.15, 0.2) is 0 Å². The Bertz CT molecular complexity index is 237. The first kappa shape index (κ1) is 11.0. The third kappa shape index (κ3) is 2.78. The van der Waals surface area contributed by atoms with E-state index in [1.54, 1.807) is 0 Å². The summed E-state index contributed by atoms with van der Waals surface area (Å²) in [4.78, 5) is 2.74. The van der Waals surface area contributed by atoms with Gasteiger partial charge in [0.2, 0.25) is 0 Å². The zero-order chi connectivity index (χ0) is 11.0. The zero-order valence-corrected chi connectivity index (χ0v) is 10.5. The second-order valence-corrected chi connectivity index (χ2v) is 6.53. The predicted molar refractivity (Wildman–Crippen MR) is 67.3 cm³/mol. The number of nitrogens with two attached hydrogens (primary N) is 1. The van der Waals surface area contributed by atoms with Crippen molar-refractivity contribution in [3.8, 4) is 0 Å². The van der Waals surface area contributed by atoms with Crippen LogP contribution in [-0.4, -0.2) is 29.6 Å². The summed E-state index contributed by atoms with van der Waals surface area (Å²) in [5.74, 6) is 1.02. The Labute approximate surface area is 99.6 Å². The molecule has 0 atom stereocenters. The van der Waals surface area contributed by atoms with Crippen LogP contribution in [0.4, 0.5) is 0 Å². The summed E-state index contributed by atoms with van der Waals surface area (Å²) in [5.41, 5.74) is 6.74. The summed E-state index contributed by atoms with van der Waals surface area (Å²) >= 11 is 0. The molecule has 0 unspecified atom stereocenters. The van der Waals surface area contributed by atoms with Gasteiger partial charge in [-0.05, 0) is 44.4 Å². The predicted octanol–water partition coefficient (Wildman–Crippen LogP) is 2.52. The lowest BCUT2D eigenvalue weighted by molar-refractivity contribution is 0.160. The second kappa shape index (κ2) is 4.30. The lowest BCUT2D eigenvalue weighted by Gasteiger charge is -2.38. The van der Waals surface area contributed by atoms with E-state index in [0.717, 1.165) is 12.0 Å². The fourth-order valence-electron chi connectivity index (χ4n) is 3.23. The van der Waals surface area contributed by atoms with Gasteiger partial charge >= 0.3 is 0 Å². The molecular weight excluding hydrogens is 196 g/mol. The number of nitrogens with zero attached hydrogens (tertiary/aromatic N) is 1. The maximum absolute atomic E-state index is 6.58. The number of hydrogen-bond acceptors (Lipinski definition) is 2. The minimum Gasteiger partial charge on any atom is -0.324 e. The highest BCUT2D eigenvalue weighted by atomic mass is 15.2. The van der Waals surface area contributed by atoms with E-state index in [9.17, 15) is 0 Å². The van der Waals surface area contributed by atoms with Crippen molar-refractivity contribution >= 4 is 0 Å². The normalized spacial score (nSPS) is 29.6. The third-order valence-electron chi connectivity index (χ3n) is 4.62. The van der Waals surface area contributed by atoms with Gasteiger partial charge in [-0.3, -0.25) is 4.90 Å². The van der Waals surface area contributed by atoms with Gasteiger partial charge in [0.05, 0.1) is 0 Å². The molecule has 0 radical (unpaired) electrons. The molecule has 3 aliphatic carbocycles. The molecule has 16 heavy (non-hydrogen) atoms. The molecule has 0 saturated heterocycles. The van der Waals surface area contributed by atoms with Crippen LogP contribution in [0.1, 0.15) is 57.8 Å². The van der Waals surface area contributed by atoms with Crippen LogP contribution in [-0.2, 0) is 0 Å². The molecule has 2 nitrogen and oxygen atoms in total. The molecule has 3 saturated carbocycles. The van der Waals surface area contributed by atoms with E-state index in [0.29, 0.717) is 0 Å². The van der Waals surface area contributed by atoms with Crippen LogP contribution in [0.3, 0.4) is 0 Å². The first-order chi connectivity index (χ1) is 7.75. The number of rotatable bonds is 5. The van der Waals surface area contributed by atoms with Gasteiger partial charge in [0, 0.05) is 24.7 Å². The maximum atomic E-state index is 6.58.